The SMILES string of the molecule is C[C@@H](O)CCC[C@H](O)/C=C/[C@@H]1[C@@H](C/C=C\CCCC(=O)O)[C@@H](O)C[C@H]1O. The highest BCUT2D eigenvalue weighted by molar-refractivity contribution is 5.66. The zero-order valence-corrected chi connectivity index (χ0v) is 15.6. The monoisotopic (exact) mass is 370 g/mol. The third kappa shape index (κ3) is 8.94. The molecule has 0 unspecified atom stereocenters. The minimum absolute atomic E-state index is 0.110. The van der Waals surface area contributed by atoms with Gasteiger partial charge >= 0.3 is 5.97 Å². The molecule has 1 rings (SSSR count). The number of hydrogen-bond donors (Lipinski definition) is 5. The zero-order valence-electron chi connectivity index (χ0n) is 15.6. The molecule has 1 fully saturated rings. The lowest BCUT2D eigenvalue weighted by molar-refractivity contribution is -0.137. The average Bonchev–Trinajstić information content (AvgIpc) is 2.81. The minimum Gasteiger partial charge on any atom is -0.481 e. The minimum atomic E-state index is -0.801. The van der Waals surface area contributed by atoms with Gasteiger partial charge in [-0.2, -0.15) is 0 Å². The van der Waals surface area contributed by atoms with Crippen molar-refractivity contribution >= 4 is 5.97 Å². The van der Waals surface area contributed by atoms with E-state index >= 15 is 0 Å². The fourth-order valence-corrected chi connectivity index (χ4v) is 3.42. The molecule has 6 atom stereocenters. The normalized spacial score (nSPS) is 28.8. The van der Waals surface area contributed by atoms with E-state index in [9.17, 15) is 25.2 Å². The molecular formula is C20H34O6. The number of carboxylic acids is 1. The molecule has 0 aliphatic heterocycles. The van der Waals surface area contributed by atoms with Crippen molar-refractivity contribution in [2.75, 3.05) is 0 Å². The number of aliphatic carboxylic acids is 1. The number of allylic oxidation sites excluding steroid dienone is 2. The first-order chi connectivity index (χ1) is 12.3. The van der Waals surface area contributed by atoms with Gasteiger partial charge in [0.15, 0.2) is 0 Å². The van der Waals surface area contributed by atoms with Gasteiger partial charge in [0.25, 0.3) is 0 Å². The quantitative estimate of drug-likeness (QED) is 0.265. The Morgan fingerprint density at radius 2 is 1.85 bits per heavy atom. The molecule has 1 aliphatic rings. The lowest BCUT2D eigenvalue weighted by Crippen LogP contribution is -2.20. The van der Waals surface area contributed by atoms with E-state index < -0.39 is 24.3 Å². The Bertz CT molecular complexity index is 459. The van der Waals surface area contributed by atoms with Crippen LogP contribution in [0.25, 0.3) is 0 Å². The molecular weight excluding hydrogens is 336 g/mol. The van der Waals surface area contributed by atoms with Gasteiger partial charge in [-0.25, -0.2) is 0 Å². The first-order valence-corrected chi connectivity index (χ1v) is 9.58. The van der Waals surface area contributed by atoms with E-state index in [1.165, 1.54) is 0 Å². The summed E-state index contributed by atoms with van der Waals surface area (Å²) in [5.41, 5.74) is 0. The van der Waals surface area contributed by atoms with Crippen LogP contribution in [0.2, 0.25) is 0 Å². The van der Waals surface area contributed by atoms with Gasteiger partial charge in [0.1, 0.15) is 0 Å². The summed E-state index contributed by atoms with van der Waals surface area (Å²) in [4.78, 5) is 10.5. The van der Waals surface area contributed by atoms with Gasteiger partial charge in [0.05, 0.1) is 24.4 Å². The summed E-state index contributed by atoms with van der Waals surface area (Å²) >= 11 is 0. The van der Waals surface area contributed by atoms with Crippen LogP contribution in [0.3, 0.4) is 0 Å². The summed E-state index contributed by atoms with van der Waals surface area (Å²) in [6.45, 7) is 1.72. The van der Waals surface area contributed by atoms with Crippen molar-refractivity contribution in [1.82, 2.24) is 0 Å². The van der Waals surface area contributed by atoms with Crippen LogP contribution >= 0.6 is 0 Å². The lowest BCUT2D eigenvalue weighted by atomic mass is 9.89. The van der Waals surface area contributed by atoms with E-state index in [1.807, 2.05) is 12.2 Å². The molecule has 6 heteroatoms. The van der Waals surface area contributed by atoms with Crippen LogP contribution in [0.5, 0.6) is 0 Å². The maximum absolute atomic E-state index is 10.5. The second kappa shape index (κ2) is 12.2. The van der Waals surface area contributed by atoms with Gasteiger partial charge in [-0.1, -0.05) is 24.3 Å². The summed E-state index contributed by atoms with van der Waals surface area (Å²) in [6.07, 6.45) is 9.41. The molecule has 0 aromatic heterocycles. The average molecular weight is 370 g/mol. The lowest BCUT2D eigenvalue weighted by Gasteiger charge is -2.19. The van der Waals surface area contributed by atoms with E-state index in [1.54, 1.807) is 19.1 Å². The highest BCUT2D eigenvalue weighted by Gasteiger charge is 2.39. The predicted molar refractivity (Wildman–Crippen MR) is 99.5 cm³/mol. The first kappa shape index (κ1) is 22.8. The Balaban J connectivity index is 2.46. The van der Waals surface area contributed by atoms with Crippen molar-refractivity contribution in [3.63, 3.8) is 0 Å². The Labute approximate surface area is 155 Å². The second-order valence-electron chi connectivity index (χ2n) is 7.34. The van der Waals surface area contributed by atoms with Crippen molar-refractivity contribution in [3.8, 4) is 0 Å². The number of aliphatic hydroxyl groups excluding tert-OH is 4. The zero-order chi connectivity index (χ0) is 19.5. The van der Waals surface area contributed by atoms with Gasteiger partial charge in [-0.15, -0.1) is 0 Å². The fourth-order valence-electron chi connectivity index (χ4n) is 3.42. The van der Waals surface area contributed by atoms with Crippen molar-refractivity contribution in [2.45, 2.75) is 82.7 Å². The predicted octanol–water partition coefficient (Wildman–Crippen LogP) is 2.01. The van der Waals surface area contributed by atoms with Crippen LogP contribution in [-0.4, -0.2) is 55.9 Å². The van der Waals surface area contributed by atoms with Crippen LogP contribution in [0.4, 0.5) is 0 Å². The molecule has 0 spiro atoms. The molecule has 0 aromatic carbocycles. The molecule has 6 nitrogen and oxygen atoms in total. The smallest absolute Gasteiger partial charge is 0.303 e. The summed E-state index contributed by atoms with van der Waals surface area (Å²) < 4.78 is 0. The van der Waals surface area contributed by atoms with Crippen LogP contribution in [0, 0.1) is 11.8 Å². The third-order valence-corrected chi connectivity index (χ3v) is 4.93. The number of aliphatic hydroxyl groups is 4. The van der Waals surface area contributed by atoms with E-state index in [-0.39, 0.29) is 24.4 Å². The molecule has 0 amide bonds. The molecule has 150 valence electrons. The summed E-state index contributed by atoms with van der Waals surface area (Å²) in [7, 11) is 0. The molecule has 0 aromatic rings. The van der Waals surface area contributed by atoms with Crippen LogP contribution in [-0.2, 0) is 4.79 Å². The van der Waals surface area contributed by atoms with Crippen molar-refractivity contribution < 1.29 is 30.3 Å². The number of rotatable bonds is 12. The van der Waals surface area contributed by atoms with Crippen molar-refractivity contribution in [2.24, 2.45) is 11.8 Å². The summed E-state index contributed by atoms with van der Waals surface area (Å²) in [6, 6.07) is 0. The number of unbranched alkanes of at least 4 members (excludes halogenated alkanes) is 1. The highest BCUT2D eigenvalue weighted by Crippen LogP contribution is 2.36. The molecule has 1 saturated carbocycles. The summed E-state index contributed by atoms with van der Waals surface area (Å²) in [5, 5.41) is 48.2. The largest absolute Gasteiger partial charge is 0.481 e. The van der Waals surface area contributed by atoms with E-state index in [0.29, 0.717) is 38.5 Å². The molecule has 26 heavy (non-hydrogen) atoms. The topological polar surface area (TPSA) is 118 Å². The Hall–Kier alpha value is -1.21. The van der Waals surface area contributed by atoms with Crippen LogP contribution < -0.4 is 0 Å². The van der Waals surface area contributed by atoms with Crippen molar-refractivity contribution in [3.05, 3.63) is 24.3 Å². The van der Waals surface area contributed by atoms with Crippen LogP contribution in [0.15, 0.2) is 24.3 Å². The maximum Gasteiger partial charge on any atom is 0.303 e. The molecule has 5 N–H and O–H groups in total. The van der Waals surface area contributed by atoms with Gasteiger partial charge in [0, 0.05) is 18.8 Å². The standard InChI is InChI=1S/C20H34O6/c1-14(21)7-6-8-15(22)11-12-17-16(18(23)13-19(17)24)9-4-2-3-5-10-20(25)26/h2,4,11-12,14-19,21-24H,3,5-10,13H2,1H3,(H,25,26)/b4-2-,12-11+/t14-,15+,16-,17-,18+,19-/m1/s1. The Morgan fingerprint density at radius 1 is 1.12 bits per heavy atom. The Morgan fingerprint density at radius 3 is 2.50 bits per heavy atom. The van der Waals surface area contributed by atoms with Gasteiger partial charge in [0.2, 0.25) is 0 Å². The van der Waals surface area contributed by atoms with Crippen molar-refractivity contribution in [1.29, 1.82) is 0 Å². The molecule has 0 heterocycles. The summed E-state index contributed by atoms with van der Waals surface area (Å²) in [5.74, 6) is -1.12. The Kier molecular flexibility index (Phi) is 10.7. The van der Waals surface area contributed by atoms with E-state index in [2.05, 4.69) is 0 Å². The van der Waals surface area contributed by atoms with Gasteiger partial charge in [-0.05, 0) is 51.4 Å². The molecule has 1 aliphatic carbocycles. The van der Waals surface area contributed by atoms with E-state index in [0.717, 1.165) is 6.42 Å². The number of carboxylic acid groups (broad SMARTS) is 1. The number of hydrogen-bond acceptors (Lipinski definition) is 5. The van der Waals surface area contributed by atoms with Gasteiger partial charge < -0.3 is 25.5 Å². The first-order valence-electron chi connectivity index (χ1n) is 9.58. The highest BCUT2D eigenvalue weighted by atomic mass is 16.4. The molecule has 0 radical (unpaired) electrons. The van der Waals surface area contributed by atoms with E-state index in [4.69, 9.17) is 5.11 Å². The fraction of sp³-hybridized carbons (Fsp3) is 0.750. The molecule has 0 bridgehead atoms. The maximum atomic E-state index is 10.5. The number of carbonyl (C=O) groups is 1. The van der Waals surface area contributed by atoms with Crippen LogP contribution in [0.1, 0.15) is 58.3 Å². The molecule has 0 saturated heterocycles. The third-order valence-electron chi connectivity index (χ3n) is 4.93. The van der Waals surface area contributed by atoms with Gasteiger partial charge in [-0.3, -0.25) is 4.79 Å². The second-order valence-corrected chi connectivity index (χ2v) is 7.34.